The molecule has 0 aromatic heterocycles. The van der Waals surface area contributed by atoms with E-state index in [9.17, 15) is 17.6 Å². The molecule has 4 N–H and O–H groups in total. The van der Waals surface area contributed by atoms with E-state index in [-0.39, 0.29) is 6.07 Å². The minimum atomic E-state index is -2.45. The van der Waals surface area contributed by atoms with Crippen molar-refractivity contribution in [2.24, 2.45) is 0 Å². The lowest BCUT2D eigenvalue weighted by Crippen LogP contribution is -2.21. The van der Waals surface area contributed by atoms with Crippen LogP contribution >= 0.6 is 0 Å². The first kappa shape index (κ1) is 24.8. The molecule has 5 nitrogen and oxygen atoms in total. The van der Waals surface area contributed by atoms with Crippen molar-refractivity contribution >= 4 is 18.7 Å². The zero-order valence-electron chi connectivity index (χ0n) is 16.2. The summed E-state index contributed by atoms with van der Waals surface area (Å²) in [5.74, 6) is -8.74. The Morgan fingerprint density at radius 3 is 1.47 bits per heavy atom. The molecule has 0 heterocycles. The van der Waals surface area contributed by atoms with Crippen LogP contribution in [0.25, 0.3) is 0 Å². The molecule has 0 atom stereocenters. The standard InChI is InChI=1S/2C7H9N.C6H3BF4O3/c2*1-8-7-5-3-2-4-6-7;8-2-1-3(14-7(12)13)5(10)6(11)4(2)9/h2*2-6,8H,1H3;1,12-13H. The molecule has 10 heteroatoms. The number of rotatable bonds is 4. The molecule has 0 aliphatic rings. The Morgan fingerprint density at radius 2 is 1.13 bits per heavy atom. The van der Waals surface area contributed by atoms with Gasteiger partial charge in [-0.15, -0.1) is 0 Å². The molecule has 3 aromatic carbocycles. The molecule has 3 aromatic rings. The third-order valence-corrected chi connectivity index (χ3v) is 3.43. The molecule has 0 aliphatic heterocycles. The van der Waals surface area contributed by atoms with Crippen LogP contribution in [0, 0.1) is 23.3 Å². The van der Waals surface area contributed by atoms with Gasteiger partial charge in [0.25, 0.3) is 0 Å². The average molecular weight is 424 g/mol. The quantitative estimate of drug-likeness (QED) is 0.220. The van der Waals surface area contributed by atoms with E-state index in [1.165, 1.54) is 0 Å². The van der Waals surface area contributed by atoms with Gasteiger partial charge < -0.3 is 25.3 Å². The second-order valence-corrected chi connectivity index (χ2v) is 5.47. The van der Waals surface area contributed by atoms with Crippen molar-refractivity contribution in [2.75, 3.05) is 24.7 Å². The predicted octanol–water partition coefficient (Wildman–Crippen LogP) is 4.05. The number of halogens is 4. The summed E-state index contributed by atoms with van der Waals surface area (Å²) in [6.07, 6.45) is 0. The maximum atomic E-state index is 12.7. The molecule has 30 heavy (non-hydrogen) atoms. The topological polar surface area (TPSA) is 73.8 Å². The van der Waals surface area contributed by atoms with Crippen LogP contribution < -0.4 is 15.3 Å². The van der Waals surface area contributed by atoms with Crippen LogP contribution in [-0.4, -0.2) is 31.5 Å². The first-order valence-corrected chi connectivity index (χ1v) is 8.61. The van der Waals surface area contributed by atoms with Gasteiger partial charge in [0.15, 0.2) is 11.6 Å². The fraction of sp³-hybridized carbons (Fsp3) is 0.100. The third-order valence-electron chi connectivity index (χ3n) is 3.43. The van der Waals surface area contributed by atoms with Gasteiger partial charge in [-0.1, -0.05) is 36.4 Å². The summed E-state index contributed by atoms with van der Waals surface area (Å²) in [7, 11) is 1.37. The van der Waals surface area contributed by atoms with E-state index in [0.29, 0.717) is 0 Å². The highest BCUT2D eigenvalue weighted by molar-refractivity contribution is 6.33. The van der Waals surface area contributed by atoms with E-state index in [0.717, 1.165) is 11.4 Å². The lowest BCUT2D eigenvalue weighted by atomic mass is 10.2. The first-order chi connectivity index (χ1) is 14.3. The summed E-state index contributed by atoms with van der Waals surface area (Å²) in [4.78, 5) is 0. The number of hydrogen-bond acceptors (Lipinski definition) is 5. The average Bonchev–Trinajstić information content (AvgIpc) is 2.77. The Hall–Kier alpha value is -3.24. The Kier molecular flexibility index (Phi) is 10.8. The van der Waals surface area contributed by atoms with E-state index in [4.69, 9.17) is 10.0 Å². The van der Waals surface area contributed by atoms with Crippen LogP contribution in [-0.2, 0) is 0 Å². The van der Waals surface area contributed by atoms with Gasteiger partial charge in [-0.2, -0.15) is 4.39 Å². The van der Waals surface area contributed by atoms with E-state index in [1.807, 2.05) is 74.8 Å². The minimum Gasteiger partial charge on any atom is -0.509 e. The fourth-order valence-electron chi connectivity index (χ4n) is 1.96. The van der Waals surface area contributed by atoms with Crippen LogP contribution in [0.15, 0.2) is 66.7 Å². The molecule has 3 rings (SSSR count). The monoisotopic (exact) mass is 424 g/mol. The summed E-state index contributed by atoms with van der Waals surface area (Å²) < 4.78 is 53.8. The van der Waals surface area contributed by atoms with Gasteiger partial charge in [0.1, 0.15) is 5.75 Å². The SMILES string of the molecule is CNc1ccccc1.CNc1ccccc1.OB(O)Oc1cc(F)c(F)c(F)c1F. The van der Waals surface area contributed by atoms with Crippen molar-refractivity contribution < 1.29 is 32.3 Å². The molecule has 0 spiro atoms. The van der Waals surface area contributed by atoms with Gasteiger partial charge >= 0.3 is 7.32 Å². The second-order valence-electron chi connectivity index (χ2n) is 5.47. The predicted molar refractivity (Wildman–Crippen MR) is 109 cm³/mol. The number of nitrogens with one attached hydrogen (secondary N) is 2. The van der Waals surface area contributed by atoms with Crippen molar-refractivity contribution in [3.05, 3.63) is 90.0 Å². The lowest BCUT2D eigenvalue weighted by Gasteiger charge is -2.06. The highest BCUT2D eigenvalue weighted by Gasteiger charge is 2.23. The fourth-order valence-corrected chi connectivity index (χ4v) is 1.96. The van der Waals surface area contributed by atoms with Gasteiger partial charge in [-0.3, -0.25) is 0 Å². The van der Waals surface area contributed by atoms with Gasteiger partial charge in [0, 0.05) is 31.5 Å². The van der Waals surface area contributed by atoms with Gasteiger partial charge in [-0.25, -0.2) is 13.2 Å². The molecule has 0 bridgehead atoms. The molecule has 0 radical (unpaired) electrons. The molecular weight excluding hydrogens is 403 g/mol. The highest BCUT2D eigenvalue weighted by Crippen LogP contribution is 2.24. The summed E-state index contributed by atoms with van der Waals surface area (Å²) in [6, 6.07) is 20.3. The number of para-hydroxylation sites is 2. The maximum Gasteiger partial charge on any atom is 0.707 e. The molecule has 0 unspecified atom stereocenters. The first-order valence-electron chi connectivity index (χ1n) is 8.61. The Morgan fingerprint density at radius 1 is 0.700 bits per heavy atom. The molecule has 0 fully saturated rings. The van der Waals surface area contributed by atoms with Crippen molar-refractivity contribution in [3.8, 4) is 5.75 Å². The van der Waals surface area contributed by atoms with Gasteiger partial charge in [0.05, 0.1) is 0 Å². The highest BCUT2D eigenvalue weighted by atomic mass is 19.2. The lowest BCUT2D eigenvalue weighted by molar-refractivity contribution is 0.276. The molecule has 0 amide bonds. The normalized spacial score (nSPS) is 9.33. The summed E-state index contributed by atoms with van der Waals surface area (Å²) in [5, 5.41) is 22.5. The number of benzene rings is 3. The van der Waals surface area contributed by atoms with Gasteiger partial charge in [-0.05, 0) is 24.3 Å². The largest absolute Gasteiger partial charge is 0.707 e. The Labute approximate surface area is 172 Å². The Balaban J connectivity index is 0.000000240. The van der Waals surface area contributed by atoms with Crippen LogP contribution in [0.1, 0.15) is 0 Å². The van der Waals surface area contributed by atoms with E-state index >= 15 is 0 Å². The Bertz CT molecular complexity index is 849. The molecule has 0 saturated heterocycles. The van der Waals surface area contributed by atoms with Crippen LogP contribution in [0.2, 0.25) is 0 Å². The maximum absolute atomic E-state index is 12.7. The molecule has 160 valence electrons. The van der Waals surface area contributed by atoms with Crippen LogP contribution in [0.3, 0.4) is 0 Å². The zero-order chi connectivity index (χ0) is 22.5. The smallest absolute Gasteiger partial charge is 0.509 e. The van der Waals surface area contributed by atoms with Crippen molar-refractivity contribution in [3.63, 3.8) is 0 Å². The van der Waals surface area contributed by atoms with Gasteiger partial charge in [0.2, 0.25) is 11.6 Å². The van der Waals surface area contributed by atoms with E-state index in [2.05, 4.69) is 15.3 Å². The van der Waals surface area contributed by atoms with E-state index in [1.54, 1.807) is 0 Å². The van der Waals surface area contributed by atoms with Crippen LogP contribution in [0.4, 0.5) is 28.9 Å². The van der Waals surface area contributed by atoms with Crippen molar-refractivity contribution in [1.82, 2.24) is 0 Å². The van der Waals surface area contributed by atoms with Crippen molar-refractivity contribution in [1.29, 1.82) is 0 Å². The number of hydrogen-bond donors (Lipinski definition) is 4. The zero-order valence-corrected chi connectivity index (χ0v) is 16.2. The third kappa shape index (κ3) is 8.42. The number of anilines is 2. The van der Waals surface area contributed by atoms with Crippen LogP contribution in [0.5, 0.6) is 5.75 Å². The van der Waals surface area contributed by atoms with E-state index < -0.39 is 36.3 Å². The summed E-state index contributed by atoms with van der Waals surface area (Å²) in [5.41, 5.74) is 2.32. The second kappa shape index (κ2) is 13.1. The summed E-state index contributed by atoms with van der Waals surface area (Å²) in [6.45, 7) is 0. The summed E-state index contributed by atoms with van der Waals surface area (Å²) >= 11 is 0. The molecule has 0 aliphatic carbocycles. The molecule has 0 saturated carbocycles. The minimum absolute atomic E-state index is 0.160. The molecular formula is C20H21BF4N2O3. The van der Waals surface area contributed by atoms with Crippen molar-refractivity contribution in [2.45, 2.75) is 0 Å².